The molecule has 0 saturated carbocycles. The van der Waals surface area contributed by atoms with Crippen molar-refractivity contribution in [1.29, 1.82) is 0 Å². The maximum atomic E-state index is 4.44. The lowest BCUT2D eigenvalue weighted by atomic mass is 10.0. The lowest BCUT2D eigenvalue weighted by Crippen LogP contribution is -1.79. The van der Waals surface area contributed by atoms with Crippen LogP contribution < -0.4 is 0 Å². The highest BCUT2D eigenvalue weighted by Crippen LogP contribution is 2.32. The summed E-state index contributed by atoms with van der Waals surface area (Å²) in [4.78, 5) is 15.7. The molecule has 3 heterocycles. The number of para-hydroxylation sites is 1. The number of nitrogens with one attached hydrogen (secondary N) is 2. The molecule has 0 atom stereocenters. The van der Waals surface area contributed by atoms with Gasteiger partial charge in [0.2, 0.25) is 0 Å². The second-order valence-corrected chi connectivity index (χ2v) is 6.57. The van der Waals surface area contributed by atoms with Crippen LogP contribution in [0.3, 0.4) is 0 Å². The molecule has 0 fully saturated rings. The normalized spacial score (nSPS) is 11.8. The molecule has 0 bridgehead atoms. The molecule has 0 amide bonds. The van der Waals surface area contributed by atoms with Gasteiger partial charge in [0.15, 0.2) is 5.65 Å². The average Bonchev–Trinajstić information content (AvgIpc) is 3.24. The van der Waals surface area contributed by atoms with Gasteiger partial charge < -0.3 is 9.97 Å². The molecular formula is C22H14N4. The Morgan fingerprint density at radius 3 is 2.15 bits per heavy atom. The lowest BCUT2D eigenvalue weighted by Gasteiger charge is -2.03. The number of aromatic amines is 2. The van der Waals surface area contributed by atoms with Crippen molar-refractivity contribution in [2.24, 2.45) is 0 Å². The highest BCUT2D eigenvalue weighted by Gasteiger charge is 2.09. The summed E-state index contributed by atoms with van der Waals surface area (Å²) in [5, 5.41) is 3.62. The van der Waals surface area contributed by atoms with Crippen LogP contribution in [0.4, 0.5) is 0 Å². The third-order valence-electron chi connectivity index (χ3n) is 5.07. The predicted octanol–water partition coefficient (Wildman–Crippen LogP) is 5.41. The van der Waals surface area contributed by atoms with Gasteiger partial charge in [-0.05, 0) is 35.4 Å². The summed E-state index contributed by atoms with van der Waals surface area (Å²) in [7, 11) is 0. The first-order chi connectivity index (χ1) is 12.9. The molecule has 3 aromatic carbocycles. The molecule has 0 spiro atoms. The third kappa shape index (κ3) is 1.84. The fourth-order valence-corrected chi connectivity index (χ4v) is 3.82. The summed E-state index contributed by atoms with van der Waals surface area (Å²) in [6.07, 6.45) is 3.44. The number of aromatic nitrogens is 4. The minimum atomic E-state index is 0.825. The van der Waals surface area contributed by atoms with Gasteiger partial charge in [-0.3, -0.25) is 4.98 Å². The summed E-state index contributed by atoms with van der Waals surface area (Å²) in [5.74, 6) is 0. The first kappa shape index (κ1) is 13.6. The Morgan fingerprint density at radius 2 is 1.27 bits per heavy atom. The average molecular weight is 334 g/mol. The second kappa shape index (κ2) is 4.92. The SMILES string of the molecule is c1ccc2c(c1)[nH]c1cc(-c3ccc4c(c3)[nH]c3nccnc34)ccc12. The van der Waals surface area contributed by atoms with Gasteiger partial charge in [0.05, 0.1) is 0 Å². The van der Waals surface area contributed by atoms with Crippen molar-refractivity contribution in [3.63, 3.8) is 0 Å². The zero-order chi connectivity index (χ0) is 17.1. The molecule has 0 radical (unpaired) electrons. The third-order valence-corrected chi connectivity index (χ3v) is 5.07. The van der Waals surface area contributed by atoms with Gasteiger partial charge in [-0.2, -0.15) is 0 Å². The Balaban J connectivity index is 1.57. The number of rotatable bonds is 1. The number of hydrogen-bond donors (Lipinski definition) is 2. The van der Waals surface area contributed by atoms with Gasteiger partial charge in [-0.25, -0.2) is 4.98 Å². The fraction of sp³-hybridized carbons (Fsp3) is 0. The standard InChI is InChI=1S/C22H14N4/c1-2-4-18-15(3-1)16-7-5-13(11-19(16)25-18)14-6-8-17-20(12-14)26-22-21(17)23-9-10-24-22/h1-12,25H,(H,24,26). The number of hydrogen-bond acceptors (Lipinski definition) is 2. The highest BCUT2D eigenvalue weighted by atomic mass is 14.9. The van der Waals surface area contributed by atoms with Gasteiger partial charge in [-0.1, -0.05) is 36.4 Å². The van der Waals surface area contributed by atoms with Crippen LogP contribution in [0.2, 0.25) is 0 Å². The number of H-pyrrole nitrogens is 2. The Labute approximate surface area is 148 Å². The van der Waals surface area contributed by atoms with Gasteiger partial charge in [-0.15, -0.1) is 0 Å². The Bertz CT molecular complexity index is 1330. The van der Waals surface area contributed by atoms with Crippen molar-refractivity contribution < 1.29 is 0 Å². The van der Waals surface area contributed by atoms with Gasteiger partial charge in [0, 0.05) is 45.1 Å². The van der Waals surface area contributed by atoms with Gasteiger partial charge in [0.25, 0.3) is 0 Å². The number of fused-ring (bicyclic) bond motifs is 6. The van der Waals surface area contributed by atoms with E-state index in [1.54, 1.807) is 12.4 Å². The van der Waals surface area contributed by atoms with Gasteiger partial charge in [0.1, 0.15) is 5.52 Å². The topological polar surface area (TPSA) is 57.4 Å². The maximum absolute atomic E-state index is 4.44. The molecule has 26 heavy (non-hydrogen) atoms. The van der Waals surface area contributed by atoms with E-state index >= 15 is 0 Å². The van der Waals surface area contributed by atoms with E-state index in [-0.39, 0.29) is 0 Å². The van der Waals surface area contributed by atoms with E-state index < -0.39 is 0 Å². The molecule has 4 nitrogen and oxygen atoms in total. The second-order valence-electron chi connectivity index (χ2n) is 6.57. The largest absolute Gasteiger partial charge is 0.354 e. The Morgan fingerprint density at radius 1 is 0.577 bits per heavy atom. The van der Waals surface area contributed by atoms with Crippen LogP contribution in [0.15, 0.2) is 73.1 Å². The van der Waals surface area contributed by atoms with E-state index in [4.69, 9.17) is 0 Å². The summed E-state index contributed by atoms with van der Waals surface area (Å²) >= 11 is 0. The van der Waals surface area contributed by atoms with Gasteiger partial charge >= 0.3 is 0 Å². The Kier molecular flexibility index (Phi) is 2.58. The zero-order valence-corrected chi connectivity index (χ0v) is 13.8. The first-order valence-electron chi connectivity index (χ1n) is 8.60. The van der Waals surface area contributed by atoms with Crippen LogP contribution in [-0.4, -0.2) is 19.9 Å². The molecule has 0 aliphatic heterocycles. The van der Waals surface area contributed by atoms with E-state index in [0.717, 1.165) is 27.6 Å². The van der Waals surface area contributed by atoms with Crippen LogP contribution in [0.1, 0.15) is 0 Å². The summed E-state index contributed by atoms with van der Waals surface area (Å²) in [6.45, 7) is 0. The highest BCUT2D eigenvalue weighted by molar-refractivity contribution is 6.09. The lowest BCUT2D eigenvalue weighted by molar-refractivity contribution is 1.27. The van der Waals surface area contributed by atoms with E-state index in [2.05, 4.69) is 80.6 Å². The molecule has 6 aromatic rings. The first-order valence-corrected chi connectivity index (χ1v) is 8.60. The van der Waals surface area contributed by atoms with Crippen molar-refractivity contribution in [3.8, 4) is 11.1 Å². The number of benzene rings is 3. The molecule has 0 aliphatic carbocycles. The monoisotopic (exact) mass is 334 g/mol. The predicted molar refractivity (Wildman–Crippen MR) is 106 cm³/mol. The summed E-state index contributed by atoms with van der Waals surface area (Å²) in [5.41, 5.74) is 7.48. The van der Waals surface area contributed by atoms with E-state index in [1.807, 2.05) is 0 Å². The van der Waals surface area contributed by atoms with Crippen molar-refractivity contribution in [2.45, 2.75) is 0 Å². The van der Waals surface area contributed by atoms with Crippen molar-refractivity contribution in [3.05, 3.63) is 73.1 Å². The van der Waals surface area contributed by atoms with Crippen LogP contribution in [0.5, 0.6) is 0 Å². The zero-order valence-electron chi connectivity index (χ0n) is 13.8. The summed E-state index contributed by atoms with van der Waals surface area (Å²) < 4.78 is 0. The molecule has 6 rings (SSSR count). The molecular weight excluding hydrogens is 320 g/mol. The van der Waals surface area contributed by atoms with Crippen LogP contribution >= 0.6 is 0 Å². The summed E-state index contributed by atoms with van der Waals surface area (Å²) in [6, 6.07) is 21.4. The molecule has 122 valence electrons. The smallest absolute Gasteiger partial charge is 0.157 e. The fourth-order valence-electron chi connectivity index (χ4n) is 3.82. The maximum Gasteiger partial charge on any atom is 0.157 e. The molecule has 0 saturated heterocycles. The minimum Gasteiger partial charge on any atom is -0.354 e. The van der Waals surface area contributed by atoms with E-state index in [9.17, 15) is 0 Å². The molecule has 0 aliphatic rings. The van der Waals surface area contributed by atoms with Crippen LogP contribution in [0.25, 0.3) is 55.0 Å². The van der Waals surface area contributed by atoms with E-state index in [0.29, 0.717) is 0 Å². The molecule has 4 heteroatoms. The van der Waals surface area contributed by atoms with Crippen molar-refractivity contribution in [2.75, 3.05) is 0 Å². The minimum absolute atomic E-state index is 0.825. The van der Waals surface area contributed by atoms with Crippen LogP contribution in [0, 0.1) is 0 Å². The Hall–Kier alpha value is -3.66. The van der Waals surface area contributed by atoms with E-state index in [1.165, 1.54) is 27.4 Å². The molecule has 0 unspecified atom stereocenters. The molecule has 3 aromatic heterocycles. The van der Waals surface area contributed by atoms with Crippen molar-refractivity contribution in [1.82, 2.24) is 19.9 Å². The molecule has 2 N–H and O–H groups in total. The quantitative estimate of drug-likeness (QED) is 0.422. The van der Waals surface area contributed by atoms with Crippen LogP contribution in [-0.2, 0) is 0 Å². The van der Waals surface area contributed by atoms with Crippen molar-refractivity contribution >= 4 is 43.9 Å². The number of nitrogens with zero attached hydrogens (tertiary/aromatic N) is 2.